The molecule has 0 saturated carbocycles. The minimum Gasteiger partial charge on any atom is -0.463 e. The van der Waals surface area contributed by atoms with E-state index >= 15 is 0 Å². The number of benzene rings is 1. The molecule has 1 atom stereocenters. The molecule has 0 fully saturated rings. The molecule has 1 unspecified atom stereocenters. The monoisotopic (exact) mass is 352 g/mol. The van der Waals surface area contributed by atoms with Crippen LogP contribution in [0.4, 0.5) is 4.39 Å². The number of aromatic nitrogens is 1. The predicted octanol–water partition coefficient (Wildman–Crippen LogP) is 3.97. The SMILES string of the molecule is CCOC(=O)C1=C(C)OC(n2cccc2)=C(C#N)C1c1ccccc1F. The van der Waals surface area contributed by atoms with Crippen LogP contribution >= 0.6 is 0 Å². The zero-order valence-corrected chi connectivity index (χ0v) is 14.4. The van der Waals surface area contributed by atoms with Crippen LogP contribution in [0.3, 0.4) is 0 Å². The summed E-state index contributed by atoms with van der Waals surface area (Å²) >= 11 is 0. The fraction of sp³-hybridized carbons (Fsp3) is 0.200. The molecule has 2 heterocycles. The quantitative estimate of drug-likeness (QED) is 0.781. The summed E-state index contributed by atoms with van der Waals surface area (Å²) in [6, 6.07) is 11.7. The zero-order chi connectivity index (χ0) is 18.7. The van der Waals surface area contributed by atoms with Crippen LogP contribution in [0, 0.1) is 17.1 Å². The molecular formula is C20H17FN2O3. The van der Waals surface area contributed by atoms with Crippen molar-refractivity contribution in [2.45, 2.75) is 19.8 Å². The number of ether oxygens (including phenoxy) is 2. The number of carbonyl (C=O) groups is 1. The normalized spacial score (nSPS) is 16.9. The number of nitriles is 1. The zero-order valence-electron chi connectivity index (χ0n) is 14.4. The average molecular weight is 352 g/mol. The van der Waals surface area contributed by atoms with Crippen molar-refractivity contribution >= 4 is 11.9 Å². The van der Waals surface area contributed by atoms with Gasteiger partial charge in [0.05, 0.1) is 18.1 Å². The van der Waals surface area contributed by atoms with Gasteiger partial charge in [0.2, 0.25) is 5.88 Å². The highest BCUT2D eigenvalue weighted by atomic mass is 19.1. The van der Waals surface area contributed by atoms with Crippen molar-refractivity contribution in [3.63, 3.8) is 0 Å². The van der Waals surface area contributed by atoms with Crippen LogP contribution in [0.2, 0.25) is 0 Å². The molecule has 1 aliphatic rings. The van der Waals surface area contributed by atoms with Crippen molar-refractivity contribution in [2.24, 2.45) is 0 Å². The van der Waals surface area contributed by atoms with Crippen molar-refractivity contribution in [3.05, 3.63) is 77.1 Å². The highest BCUT2D eigenvalue weighted by Crippen LogP contribution is 2.42. The molecule has 132 valence electrons. The number of halogens is 1. The molecule has 5 nitrogen and oxygen atoms in total. The van der Waals surface area contributed by atoms with Crippen molar-refractivity contribution in [1.82, 2.24) is 4.57 Å². The van der Waals surface area contributed by atoms with Gasteiger partial charge in [-0.2, -0.15) is 5.26 Å². The van der Waals surface area contributed by atoms with Gasteiger partial charge in [0.25, 0.3) is 0 Å². The third kappa shape index (κ3) is 3.00. The van der Waals surface area contributed by atoms with Crippen molar-refractivity contribution in [1.29, 1.82) is 5.26 Å². The summed E-state index contributed by atoms with van der Waals surface area (Å²) in [5.74, 6) is -1.52. The van der Waals surface area contributed by atoms with Crippen LogP contribution in [-0.4, -0.2) is 17.1 Å². The van der Waals surface area contributed by atoms with Gasteiger partial charge in [-0.15, -0.1) is 0 Å². The highest BCUT2D eigenvalue weighted by Gasteiger charge is 2.38. The van der Waals surface area contributed by atoms with Gasteiger partial charge in [0, 0.05) is 18.0 Å². The second-order valence-corrected chi connectivity index (χ2v) is 5.67. The van der Waals surface area contributed by atoms with Gasteiger partial charge in [-0.05, 0) is 32.0 Å². The molecular weight excluding hydrogens is 335 g/mol. The Morgan fingerprint density at radius 3 is 2.62 bits per heavy atom. The molecule has 0 amide bonds. The summed E-state index contributed by atoms with van der Waals surface area (Å²) < 4.78 is 27.1. The highest BCUT2D eigenvalue weighted by molar-refractivity contribution is 5.93. The minimum absolute atomic E-state index is 0.129. The lowest BCUT2D eigenvalue weighted by atomic mass is 9.82. The molecule has 1 aromatic carbocycles. The maximum absolute atomic E-state index is 14.5. The lowest BCUT2D eigenvalue weighted by Gasteiger charge is -2.28. The second-order valence-electron chi connectivity index (χ2n) is 5.67. The van der Waals surface area contributed by atoms with Crippen LogP contribution < -0.4 is 0 Å². The van der Waals surface area contributed by atoms with E-state index in [0.717, 1.165) is 0 Å². The molecule has 0 saturated heterocycles. The third-order valence-electron chi connectivity index (χ3n) is 4.11. The molecule has 0 bridgehead atoms. The smallest absolute Gasteiger partial charge is 0.338 e. The summed E-state index contributed by atoms with van der Waals surface area (Å²) in [4.78, 5) is 12.5. The molecule has 1 aliphatic heterocycles. The number of carbonyl (C=O) groups excluding carboxylic acids is 1. The Hall–Kier alpha value is -3.33. The van der Waals surface area contributed by atoms with E-state index in [1.807, 2.05) is 0 Å². The van der Waals surface area contributed by atoms with Crippen molar-refractivity contribution < 1.29 is 18.7 Å². The topological polar surface area (TPSA) is 64.2 Å². The van der Waals surface area contributed by atoms with Gasteiger partial charge in [-0.3, -0.25) is 4.57 Å². The Morgan fingerprint density at radius 2 is 2.00 bits per heavy atom. The fourth-order valence-electron chi connectivity index (χ4n) is 2.99. The summed E-state index contributed by atoms with van der Waals surface area (Å²) in [5.41, 5.74) is 0.490. The van der Waals surface area contributed by atoms with Crippen LogP contribution in [0.25, 0.3) is 5.88 Å². The largest absolute Gasteiger partial charge is 0.463 e. The van der Waals surface area contributed by atoms with E-state index < -0.39 is 17.7 Å². The first-order chi connectivity index (χ1) is 12.6. The fourth-order valence-corrected chi connectivity index (χ4v) is 2.99. The van der Waals surface area contributed by atoms with E-state index in [1.54, 1.807) is 61.1 Å². The van der Waals surface area contributed by atoms with Gasteiger partial charge in [0.15, 0.2) is 0 Å². The second kappa shape index (κ2) is 7.28. The van der Waals surface area contributed by atoms with Crippen LogP contribution in [0.5, 0.6) is 0 Å². The summed E-state index contributed by atoms with van der Waals surface area (Å²) in [7, 11) is 0. The number of rotatable bonds is 4. The van der Waals surface area contributed by atoms with Gasteiger partial charge in [-0.1, -0.05) is 18.2 Å². The Labute approximate surface area is 150 Å². The third-order valence-corrected chi connectivity index (χ3v) is 4.11. The Balaban J connectivity index is 2.25. The van der Waals surface area contributed by atoms with Gasteiger partial charge in [-0.25, -0.2) is 9.18 Å². The van der Waals surface area contributed by atoms with Crippen molar-refractivity contribution in [3.8, 4) is 6.07 Å². The summed E-state index contributed by atoms with van der Waals surface area (Å²) in [6.45, 7) is 3.45. The van der Waals surface area contributed by atoms with E-state index in [-0.39, 0.29) is 35.0 Å². The van der Waals surface area contributed by atoms with Crippen LogP contribution in [0.1, 0.15) is 25.3 Å². The lowest BCUT2D eigenvalue weighted by Crippen LogP contribution is -2.24. The van der Waals surface area contributed by atoms with E-state index in [4.69, 9.17) is 9.47 Å². The summed E-state index contributed by atoms with van der Waals surface area (Å²) in [5, 5.41) is 9.80. The Kier molecular flexibility index (Phi) is 4.90. The minimum atomic E-state index is -0.911. The number of allylic oxidation sites excluding steroid dienone is 2. The van der Waals surface area contributed by atoms with E-state index in [1.165, 1.54) is 6.07 Å². The predicted molar refractivity (Wildman–Crippen MR) is 92.8 cm³/mol. The molecule has 0 spiro atoms. The molecule has 0 radical (unpaired) electrons. The number of hydrogen-bond donors (Lipinski definition) is 0. The van der Waals surface area contributed by atoms with Gasteiger partial charge < -0.3 is 9.47 Å². The van der Waals surface area contributed by atoms with E-state index in [9.17, 15) is 14.4 Å². The summed E-state index contributed by atoms with van der Waals surface area (Å²) in [6.07, 6.45) is 3.43. The average Bonchev–Trinajstić information content (AvgIpc) is 3.16. The molecule has 2 aromatic rings. The number of esters is 1. The first-order valence-electron chi connectivity index (χ1n) is 8.16. The number of nitrogens with zero attached hydrogens (tertiary/aromatic N) is 2. The maximum atomic E-state index is 14.5. The standard InChI is InChI=1S/C20H17FN2O3/c1-3-25-20(24)17-13(2)26-19(23-10-6-7-11-23)15(12-22)18(17)14-8-4-5-9-16(14)21/h4-11,18H,3H2,1-2H3. The van der Waals surface area contributed by atoms with E-state index in [0.29, 0.717) is 0 Å². The molecule has 6 heteroatoms. The van der Waals surface area contributed by atoms with Gasteiger partial charge in [0.1, 0.15) is 23.2 Å². The molecule has 0 N–H and O–H groups in total. The van der Waals surface area contributed by atoms with E-state index in [2.05, 4.69) is 6.07 Å². The maximum Gasteiger partial charge on any atom is 0.338 e. The molecule has 0 aliphatic carbocycles. The Morgan fingerprint density at radius 1 is 1.31 bits per heavy atom. The lowest BCUT2D eigenvalue weighted by molar-refractivity contribution is -0.139. The number of hydrogen-bond acceptors (Lipinski definition) is 4. The van der Waals surface area contributed by atoms with Crippen LogP contribution in [-0.2, 0) is 14.3 Å². The molecule has 3 rings (SSSR count). The first-order valence-corrected chi connectivity index (χ1v) is 8.16. The molecule has 1 aromatic heterocycles. The Bertz CT molecular complexity index is 936. The molecule has 26 heavy (non-hydrogen) atoms. The van der Waals surface area contributed by atoms with Crippen LogP contribution in [0.15, 0.2) is 65.7 Å². The van der Waals surface area contributed by atoms with Crippen molar-refractivity contribution in [2.75, 3.05) is 6.61 Å². The first kappa shape index (κ1) is 17.5. The van der Waals surface area contributed by atoms with Gasteiger partial charge >= 0.3 is 5.97 Å².